The van der Waals surface area contributed by atoms with E-state index in [0.29, 0.717) is 13.0 Å². The lowest BCUT2D eigenvalue weighted by Gasteiger charge is -2.15. The molecule has 0 aromatic heterocycles. The second-order valence-electron chi connectivity index (χ2n) is 5.89. The lowest BCUT2D eigenvalue weighted by molar-refractivity contribution is -0.0498. The van der Waals surface area contributed by atoms with Gasteiger partial charge < -0.3 is 14.8 Å². The fourth-order valence-corrected chi connectivity index (χ4v) is 3.59. The van der Waals surface area contributed by atoms with E-state index in [4.69, 9.17) is 5.26 Å². The highest BCUT2D eigenvalue weighted by Crippen LogP contribution is 2.32. The van der Waals surface area contributed by atoms with E-state index >= 15 is 0 Å². The Bertz CT molecular complexity index is 883. The maximum Gasteiger partial charge on any atom is 0.387 e. The summed E-state index contributed by atoms with van der Waals surface area (Å²) in [6, 6.07) is 12.7. The summed E-state index contributed by atoms with van der Waals surface area (Å²) in [6.07, 6.45) is 2.48. The first-order chi connectivity index (χ1) is 13.0. The van der Waals surface area contributed by atoms with E-state index in [-0.39, 0.29) is 22.9 Å². The van der Waals surface area contributed by atoms with Crippen LogP contribution in [-0.4, -0.2) is 13.2 Å². The van der Waals surface area contributed by atoms with E-state index in [1.54, 1.807) is 18.2 Å². The summed E-state index contributed by atoms with van der Waals surface area (Å²) in [7, 11) is 0. The molecule has 3 rings (SSSR count). The minimum atomic E-state index is -2.86. The molecule has 0 saturated heterocycles. The molecule has 0 saturated carbocycles. The Kier molecular flexibility index (Phi) is 6.14. The van der Waals surface area contributed by atoms with E-state index in [1.165, 1.54) is 30.1 Å². The van der Waals surface area contributed by atoms with Crippen molar-refractivity contribution in [1.82, 2.24) is 5.32 Å². The van der Waals surface area contributed by atoms with E-state index in [2.05, 4.69) is 14.8 Å². The number of benzene rings is 2. The quantitative estimate of drug-likeness (QED) is 0.672. The molecule has 27 heavy (non-hydrogen) atoms. The molecule has 0 bridgehead atoms. The van der Waals surface area contributed by atoms with Crippen LogP contribution >= 0.6 is 11.9 Å². The third-order valence-electron chi connectivity index (χ3n) is 3.99. The van der Waals surface area contributed by atoms with Gasteiger partial charge in [0.25, 0.3) is 0 Å². The Morgan fingerprint density at radius 1 is 1.30 bits per heavy atom. The minimum absolute atomic E-state index is 0.116. The predicted molar refractivity (Wildman–Crippen MR) is 98.7 cm³/mol. The summed E-state index contributed by atoms with van der Waals surface area (Å²) in [4.78, 5) is 0.971. The summed E-state index contributed by atoms with van der Waals surface area (Å²) < 4.78 is 46.1. The fourth-order valence-electron chi connectivity index (χ4n) is 2.72. The van der Waals surface area contributed by atoms with E-state index < -0.39 is 12.4 Å². The summed E-state index contributed by atoms with van der Waals surface area (Å²) in [6.45, 7) is -2.16. The molecule has 2 N–H and O–H groups in total. The topological polar surface area (TPSA) is 57.1 Å². The molecule has 0 radical (unpaired) electrons. The fraction of sp³-hybridized carbons (Fsp3) is 0.211. The summed E-state index contributed by atoms with van der Waals surface area (Å²) in [5.41, 5.74) is 1.42. The first kappa shape index (κ1) is 19.0. The first-order valence-electron chi connectivity index (χ1n) is 8.15. The average molecular weight is 391 g/mol. The summed E-state index contributed by atoms with van der Waals surface area (Å²) in [5, 5.41) is 11.9. The zero-order valence-electron chi connectivity index (χ0n) is 14.1. The molecule has 4 nitrogen and oxygen atoms in total. The van der Waals surface area contributed by atoms with Gasteiger partial charge in [-0.2, -0.15) is 14.0 Å². The Morgan fingerprint density at radius 3 is 2.89 bits per heavy atom. The van der Waals surface area contributed by atoms with Crippen molar-refractivity contribution in [3.63, 3.8) is 0 Å². The number of nitrogens with one attached hydrogen (secondary N) is 2. The molecule has 1 atom stereocenters. The average Bonchev–Trinajstić information content (AvgIpc) is 3.07. The van der Waals surface area contributed by atoms with Gasteiger partial charge in [0, 0.05) is 23.6 Å². The normalized spacial score (nSPS) is 15.8. The zero-order chi connectivity index (χ0) is 19.2. The third kappa shape index (κ3) is 5.11. The summed E-state index contributed by atoms with van der Waals surface area (Å²) >= 11 is 1.28. The van der Waals surface area contributed by atoms with Crippen molar-refractivity contribution in [3.05, 3.63) is 70.5 Å². The zero-order valence-corrected chi connectivity index (χ0v) is 14.9. The standard InChI is InChI=1S/C19H16F3N3OS/c20-16-8-13(9-23)4-5-17(16)25-27-18-11-24-10-14(18)6-12-2-1-3-15(7-12)26-19(21)22/h1-5,7-8,11,14,19,24-25H,6,10H2. The van der Waals surface area contributed by atoms with Crippen molar-refractivity contribution in [2.75, 3.05) is 11.3 Å². The van der Waals surface area contributed by atoms with Crippen LogP contribution < -0.4 is 14.8 Å². The minimum Gasteiger partial charge on any atom is -0.435 e. The molecule has 1 unspecified atom stereocenters. The molecular formula is C19H16F3N3OS. The molecule has 2 aromatic rings. The number of hydrogen-bond donors (Lipinski definition) is 2. The number of hydrogen-bond acceptors (Lipinski definition) is 5. The number of nitriles is 1. The second-order valence-corrected chi connectivity index (χ2v) is 6.77. The van der Waals surface area contributed by atoms with Crippen LogP contribution in [0.1, 0.15) is 11.1 Å². The smallest absolute Gasteiger partial charge is 0.387 e. The SMILES string of the molecule is N#Cc1ccc(NSC2=CNCC2Cc2cccc(OC(F)F)c2)c(F)c1. The number of ether oxygens (including phenoxy) is 1. The van der Waals surface area contributed by atoms with Crippen LogP contribution in [0.2, 0.25) is 0 Å². The number of nitrogens with zero attached hydrogens (tertiary/aromatic N) is 1. The molecular weight excluding hydrogens is 375 g/mol. The van der Waals surface area contributed by atoms with Crippen molar-refractivity contribution in [3.8, 4) is 11.8 Å². The highest BCUT2D eigenvalue weighted by atomic mass is 32.2. The lowest BCUT2D eigenvalue weighted by atomic mass is 10.0. The maximum atomic E-state index is 14.0. The van der Waals surface area contributed by atoms with Crippen LogP contribution in [0.3, 0.4) is 0 Å². The van der Waals surface area contributed by atoms with Gasteiger partial charge in [0.15, 0.2) is 0 Å². The van der Waals surface area contributed by atoms with Crippen LogP contribution in [-0.2, 0) is 6.42 Å². The van der Waals surface area contributed by atoms with Crippen LogP contribution in [0.5, 0.6) is 5.75 Å². The maximum absolute atomic E-state index is 14.0. The van der Waals surface area contributed by atoms with E-state index in [0.717, 1.165) is 10.5 Å². The second kappa shape index (κ2) is 8.73. The molecule has 0 fully saturated rings. The van der Waals surface area contributed by atoms with Gasteiger partial charge >= 0.3 is 6.61 Å². The number of halogens is 3. The van der Waals surface area contributed by atoms with Gasteiger partial charge in [-0.05, 0) is 54.3 Å². The Hall–Kier alpha value is -2.79. The highest BCUT2D eigenvalue weighted by Gasteiger charge is 2.21. The molecule has 0 amide bonds. The van der Waals surface area contributed by atoms with Gasteiger partial charge in [0.1, 0.15) is 11.6 Å². The molecule has 0 aliphatic carbocycles. The van der Waals surface area contributed by atoms with Gasteiger partial charge in [-0.3, -0.25) is 0 Å². The van der Waals surface area contributed by atoms with Gasteiger partial charge in [-0.1, -0.05) is 12.1 Å². The third-order valence-corrected chi connectivity index (χ3v) is 5.00. The molecule has 8 heteroatoms. The monoisotopic (exact) mass is 391 g/mol. The molecule has 0 spiro atoms. The van der Waals surface area contributed by atoms with E-state index in [1.807, 2.05) is 18.3 Å². The van der Waals surface area contributed by atoms with E-state index in [9.17, 15) is 13.2 Å². The van der Waals surface area contributed by atoms with Gasteiger partial charge in [-0.15, -0.1) is 0 Å². The van der Waals surface area contributed by atoms with Gasteiger partial charge in [0.2, 0.25) is 0 Å². The molecule has 1 aliphatic rings. The van der Waals surface area contributed by atoms with Crippen LogP contribution in [0.15, 0.2) is 53.6 Å². The van der Waals surface area contributed by atoms with Crippen molar-refractivity contribution in [1.29, 1.82) is 5.26 Å². The van der Waals surface area contributed by atoms with Crippen molar-refractivity contribution >= 4 is 17.6 Å². The Morgan fingerprint density at radius 2 is 2.15 bits per heavy atom. The lowest BCUT2D eigenvalue weighted by Crippen LogP contribution is -2.13. The number of alkyl halides is 2. The molecule has 140 valence electrons. The van der Waals surface area contributed by atoms with Crippen molar-refractivity contribution < 1.29 is 17.9 Å². The Balaban J connectivity index is 1.62. The molecule has 1 heterocycles. The number of rotatable bonds is 7. The predicted octanol–water partition coefficient (Wildman–Crippen LogP) is 4.66. The van der Waals surface area contributed by atoms with Crippen molar-refractivity contribution in [2.24, 2.45) is 5.92 Å². The Labute approximate surface area is 159 Å². The summed E-state index contributed by atoms with van der Waals surface area (Å²) in [5.74, 6) is -0.253. The first-order valence-corrected chi connectivity index (χ1v) is 8.96. The van der Waals surface area contributed by atoms with Crippen molar-refractivity contribution in [2.45, 2.75) is 13.0 Å². The molecule has 1 aliphatic heterocycles. The molecule has 2 aromatic carbocycles. The van der Waals surface area contributed by atoms with Crippen LogP contribution in [0, 0.1) is 23.1 Å². The number of anilines is 1. The van der Waals surface area contributed by atoms with Gasteiger partial charge in [-0.25, -0.2) is 4.39 Å². The van der Waals surface area contributed by atoms with Crippen LogP contribution in [0.4, 0.5) is 18.9 Å². The van der Waals surface area contributed by atoms with Crippen LogP contribution in [0.25, 0.3) is 0 Å². The highest BCUT2D eigenvalue weighted by molar-refractivity contribution is 8.04. The van der Waals surface area contributed by atoms with Gasteiger partial charge in [0.05, 0.1) is 17.3 Å². The largest absolute Gasteiger partial charge is 0.435 e.